The lowest BCUT2D eigenvalue weighted by atomic mass is 10.1. The summed E-state index contributed by atoms with van der Waals surface area (Å²) in [5.41, 5.74) is 1.21. The zero-order valence-electron chi connectivity index (χ0n) is 11.0. The fourth-order valence-corrected chi connectivity index (χ4v) is 1.86. The van der Waals surface area contributed by atoms with Crippen LogP contribution in [0.25, 0.3) is 0 Å². The monoisotopic (exact) mass is 281 g/mol. The Morgan fingerprint density at radius 1 is 1.32 bits per heavy atom. The lowest BCUT2D eigenvalue weighted by Gasteiger charge is -2.14. The number of rotatable bonds is 7. The fraction of sp³-hybridized carbons (Fsp3) is 0.429. The predicted molar refractivity (Wildman–Crippen MR) is 77.2 cm³/mol. The molecule has 0 aromatic heterocycles. The first-order valence-electron chi connectivity index (χ1n) is 6.22. The van der Waals surface area contributed by atoms with Crippen molar-refractivity contribution in [3.8, 4) is 0 Å². The molecule has 1 aromatic rings. The van der Waals surface area contributed by atoms with Crippen LogP contribution >= 0.6 is 12.6 Å². The lowest BCUT2D eigenvalue weighted by Crippen LogP contribution is -2.42. The molecule has 0 heterocycles. The van der Waals surface area contributed by atoms with Crippen molar-refractivity contribution in [3.05, 3.63) is 35.9 Å². The third-order valence-electron chi connectivity index (χ3n) is 2.54. The van der Waals surface area contributed by atoms with Gasteiger partial charge in [0.2, 0.25) is 5.91 Å². The van der Waals surface area contributed by atoms with E-state index < -0.39 is 12.0 Å². The highest BCUT2D eigenvalue weighted by Crippen LogP contribution is 2.03. The van der Waals surface area contributed by atoms with E-state index in [-0.39, 0.29) is 11.7 Å². The van der Waals surface area contributed by atoms with E-state index in [1.54, 1.807) is 0 Å². The maximum Gasteiger partial charge on any atom is 0.329 e. The van der Waals surface area contributed by atoms with E-state index in [0.717, 1.165) is 12.8 Å². The molecule has 0 saturated carbocycles. The molecule has 5 heteroatoms. The van der Waals surface area contributed by atoms with Crippen molar-refractivity contribution in [2.75, 3.05) is 12.4 Å². The van der Waals surface area contributed by atoms with Crippen LogP contribution in [0.1, 0.15) is 18.9 Å². The molecule has 0 radical (unpaired) electrons. The Morgan fingerprint density at radius 3 is 2.58 bits per heavy atom. The molecule has 1 rings (SSSR count). The molecular formula is C14H19NO3S. The van der Waals surface area contributed by atoms with Crippen molar-refractivity contribution in [1.82, 2.24) is 5.32 Å². The lowest BCUT2D eigenvalue weighted by molar-refractivity contribution is -0.147. The summed E-state index contributed by atoms with van der Waals surface area (Å²) in [7, 11) is 0. The van der Waals surface area contributed by atoms with Crippen molar-refractivity contribution in [2.24, 2.45) is 0 Å². The highest BCUT2D eigenvalue weighted by molar-refractivity contribution is 7.80. The van der Waals surface area contributed by atoms with Crippen LogP contribution in [0.2, 0.25) is 0 Å². The number of esters is 1. The number of aryl methyl sites for hydroxylation is 1. The Kier molecular flexibility index (Phi) is 7.03. The fourth-order valence-electron chi connectivity index (χ4n) is 1.62. The number of amides is 1. The summed E-state index contributed by atoms with van der Waals surface area (Å²) in [5, 5.41) is 2.50. The molecule has 1 N–H and O–H groups in total. The normalized spacial score (nSPS) is 11.7. The van der Waals surface area contributed by atoms with Crippen molar-refractivity contribution in [3.63, 3.8) is 0 Å². The molecule has 0 fully saturated rings. The molecule has 0 saturated heterocycles. The van der Waals surface area contributed by atoms with Crippen molar-refractivity contribution in [1.29, 1.82) is 0 Å². The number of hydrogen-bond acceptors (Lipinski definition) is 4. The molecule has 0 bridgehead atoms. The molecule has 19 heavy (non-hydrogen) atoms. The van der Waals surface area contributed by atoms with E-state index in [2.05, 4.69) is 17.9 Å². The van der Waals surface area contributed by atoms with Gasteiger partial charge in [-0.1, -0.05) is 30.3 Å². The van der Waals surface area contributed by atoms with Crippen LogP contribution in [0, 0.1) is 0 Å². The van der Waals surface area contributed by atoms with Gasteiger partial charge in [0.25, 0.3) is 0 Å². The standard InChI is InChI=1S/C14H19NO3S/c1-11(16)15-13(10-19)14(17)18-9-5-8-12-6-3-2-4-7-12/h2-4,6-7,13,19H,5,8-10H2,1H3,(H,15,16)/t13-/m0/s1. The van der Waals surface area contributed by atoms with Crippen LogP contribution in [0.5, 0.6) is 0 Å². The minimum absolute atomic E-state index is 0.233. The van der Waals surface area contributed by atoms with Crippen molar-refractivity contribution >= 4 is 24.5 Å². The van der Waals surface area contributed by atoms with Crippen LogP contribution in [-0.2, 0) is 20.7 Å². The van der Waals surface area contributed by atoms with E-state index in [1.807, 2.05) is 30.3 Å². The van der Waals surface area contributed by atoms with E-state index in [0.29, 0.717) is 6.61 Å². The zero-order valence-corrected chi connectivity index (χ0v) is 11.9. The van der Waals surface area contributed by atoms with Gasteiger partial charge in [-0.05, 0) is 18.4 Å². The summed E-state index contributed by atoms with van der Waals surface area (Å²) in [4.78, 5) is 22.5. The van der Waals surface area contributed by atoms with E-state index in [1.165, 1.54) is 12.5 Å². The molecule has 0 aliphatic rings. The van der Waals surface area contributed by atoms with E-state index in [4.69, 9.17) is 4.74 Å². The maximum atomic E-state index is 11.6. The minimum Gasteiger partial charge on any atom is -0.464 e. The molecule has 0 aliphatic carbocycles. The molecule has 0 spiro atoms. The largest absolute Gasteiger partial charge is 0.464 e. The molecule has 0 aliphatic heterocycles. The van der Waals surface area contributed by atoms with Gasteiger partial charge >= 0.3 is 5.97 Å². The Bertz CT molecular complexity index is 408. The number of carbonyl (C=O) groups is 2. The zero-order chi connectivity index (χ0) is 14.1. The van der Waals surface area contributed by atoms with Gasteiger partial charge in [-0.15, -0.1) is 0 Å². The summed E-state index contributed by atoms with van der Waals surface area (Å²) < 4.78 is 5.12. The molecule has 4 nitrogen and oxygen atoms in total. The van der Waals surface area contributed by atoms with Gasteiger partial charge in [-0.3, -0.25) is 4.79 Å². The third-order valence-corrected chi connectivity index (χ3v) is 2.91. The maximum absolute atomic E-state index is 11.6. The van der Waals surface area contributed by atoms with E-state index >= 15 is 0 Å². The van der Waals surface area contributed by atoms with Gasteiger partial charge in [-0.2, -0.15) is 12.6 Å². The number of nitrogens with one attached hydrogen (secondary N) is 1. The number of ether oxygens (including phenoxy) is 1. The second-order valence-electron chi connectivity index (χ2n) is 4.19. The van der Waals surface area contributed by atoms with Crippen LogP contribution in [-0.4, -0.2) is 30.3 Å². The van der Waals surface area contributed by atoms with Crippen LogP contribution in [0.3, 0.4) is 0 Å². The third kappa shape index (κ3) is 6.29. The molecular weight excluding hydrogens is 262 g/mol. The van der Waals surface area contributed by atoms with Crippen molar-refractivity contribution < 1.29 is 14.3 Å². The summed E-state index contributed by atoms with van der Waals surface area (Å²) in [6.07, 6.45) is 1.62. The topological polar surface area (TPSA) is 55.4 Å². The SMILES string of the molecule is CC(=O)N[C@@H](CS)C(=O)OCCCc1ccccc1. The van der Waals surface area contributed by atoms with Gasteiger partial charge in [0.1, 0.15) is 6.04 Å². The Morgan fingerprint density at radius 2 is 2.00 bits per heavy atom. The van der Waals surface area contributed by atoms with Gasteiger partial charge in [0.15, 0.2) is 0 Å². The van der Waals surface area contributed by atoms with Crippen LogP contribution in [0.15, 0.2) is 30.3 Å². The highest BCUT2D eigenvalue weighted by atomic mass is 32.1. The summed E-state index contributed by atoms with van der Waals surface area (Å²) in [6.45, 7) is 1.71. The smallest absolute Gasteiger partial charge is 0.329 e. The number of hydrogen-bond donors (Lipinski definition) is 2. The Hall–Kier alpha value is -1.49. The predicted octanol–water partition coefficient (Wildman–Crippen LogP) is 1.60. The average Bonchev–Trinajstić information content (AvgIpc) is 2.41. The highest BCUT2D eigenvalue weighted by Gasteiger charge is 2.18. The Balaban J connectivity index is 2.24. The van der Waals surface area contributed by atoms with Gasteiger partial charge in [0.05, 0.1) is 6.61 Å². The second-order valence-corrected chi connectivity index (χ2v) is 4.56. The first-order valence-corrected chi connectivity index (χ1v) is 6.85. The average molecular weight is 281 g/mol. The summed E-state index contributed by atoms with van der Waals surface area (Å²) in [5.74, 6) is -0.463. The van der Waals surface area contributed by atoms with Crippen LogP contribution < -0.4 is 5.32 Å². The quantitative estimate of drug-likeness (QED) is 0.453. The van der Waals surface area contributed by atoms with E-state index in [9.17, 15) is 9.59 Å². The summed E-state index contributed by atoms with van der Waals surface area (Å²) in [6, 6.07) is 9.33. The molecule has 1 aromatic carbocycles. The van der Waals surface area contributed by atoms with Gasteiger partial charge < -0.3 is 10.1 Å². The Labute approximate surface area is 118 Å². The number of benzene rings is 1. The van der Waals surface area contributed by atoms with Gasteiger partial charge in [0, 0.05) is 12.7 Å². The first-order chi connectivity index (χ1) is 9.13. The molecule has 104 valence electrons. The first kappa shape index (κ1) is 15.6. The molecule has 1 amide bonds. The minimum atomic E-state index is -0.669. The van der Waals surface area contributed by atoms with Crippen molar-refractivity contribution in [2.45, 2.75) is 25.8 Å². The van der Waals surface area contributed by atoms with Crippen LogP contribution in [0.4, 0.5) is 0 Å². The molecule has 0 unspecified atom stereocenters. The number of thiol groups is 1. The summed E-state index contributed by atoms with van der Waals surface area (Å²) >= 11 is 4.02. The second kappa shape index (κ2) is 8.58. The number of carbonyl (C=O) groups excluding carboxylic acids is 2. The van der Waals surface area contributed by atoms with Gasteiger partial charge in [-0.25, -0.2) is 4.79 Å². The molecule has 1 atom stereocenters.